The van der Waals surface area contributed by atoms with Crippen LogP contribution in [0.2, 0.25) is 0 Å². The molecule has 0 unspecified atom stereocenters. The number of aromatic nitrogens is 1. The molecule has 0 atom stereocenters. The van der Waals surface area contributed by atoms with Crippen LogP contribution in [0.1, 0.15) is 24.2 Å². The van der Waals surface area contributed by atoms with Crippen molar-refractivity contribution in [2.45, 2.75) is 20.4 Å². The molecule has 4 nitrogen and oxygen atoms in total. The minimum atomic E-state index is -0.424. The van der Waals surface area contributed by atoms with E-state index in [1.807, 2.05) is 13.8 Å². The Bertz CT molecular complexity index is 407. The molecule has 0 aliphatic rings. The molecule has 0 aliphatic carbocycles. The Morgan fingerprint density at radius 2 is 2.13 bits per heavy atom. The fraction of sp³-hybridized carbons (Fsp3) is 0.455. The van der Waals surface area contributed by atoms with Crippen molar-refractivity contribution >= 4 is 5.97 Å². The van der Waals surface area contributed by atoms with Crippen LogP contribution in [0.5, 0.6) is 0 Å². The molecule has 0 radical (unpaired) electrons. The van der Waals surface area contributed by atoms with E-state index in [9.17, 15) is 9.59 Å². The first kappa shape index (κ1) is 11.5. The minimum Gasteiger partial charge on any atom is -0.465 e. The summed E-state index contributed by atoms with van der Waals surface area (Å²) in [6.07, 6.45) is 1.54. The van der Waals surface area contributed by atoms with Gasteiger partial charge in [-0.15, -0.1) is 0 Å². The lowest BCUT2D eigenvalue weighted by Crippen LogP contribution is -2.22. The second-order valence-corrected chi connectivity index (χ2v) is 3.79. The fourth-order valence-electron chi connectivity index (χ4n) is 1.31. The molecule has 0 N–H and O–H groups in total. The third-order valence-electron chi connectivity index (χ3n) is 1.97. The summed E-state index contributed by atoms with van der Waals surface area (Å²) in [7, 11) is 1.32. The summed E-state index contributed by atoms with van der Waals surface area (Å²) in [5.74, 6) is -0.0666. The maximum atomic E-state index is 11.4. The molecule has 15 heavy (non-hydrogen) atoms. The maximum absolute atomic E-state index is 11.4. The number of rotatable bonds is 3. The molecule has 1 aromatic heterocycles. The molecular formula is C11H15NO3. The molecule has 1 rings (SSSR count). The highest BCUT2D eigenvalue weighted by Crippen LogP contribution is 2.01. The summed E-state index contributed by atoms with van der Waals surface area (Å²) in [5.41, 5.74) is 0.300. The van der Waals surface area contributed by atoms with Gasteiger partial charge in [-0.25, -0.2) is 4.79 Å². The average Bonchev–Trinajstić information content (AvgIpc) is 2.19. The van der Waals surface area contributed by atoms with E-state index in [0.29, 0.717) is 18.0 Å². The molecule has 0 bridgehead atoms. The Morgan fingerprint density at radius 1 is 1.47 bits per heavy atom. The molecule has 0 spiro atoms. The first-order valence-electron chi connectivity index (χ1n) is 4.83. The summed E-state index contributed by atoms with van der Waals surface area (Å²) >= 11 is 0. The summed E-state index contributed by atoms with van der Waals surface area (Å²) in [6.45, 7) is 4.62. The highest BCUT2D eigenvalue weighted by molar-refractivity contribution is 5.88. The molecule has 1 aromatic rings. The predicted molar refractivity (Wildman–Crippen MR) is 56.9 cm³/mol. The number of methoxy groups -OCH3 is 1. The summed E-state index contributed by atoms with van der Waals surface area (Å²) in [4.78, 5) is 22.7. The van der Waals surface area contributed by atoms with Gasteiger partial charge in [0, 0.05) is 18.8 Å². The quantitative estimate of drug-likeness (QED) is 0.705. The van der Waals surface area contributed by atoms with Crippen molar-refractivity contribution in [3.05, 3.63) is 34.2 Å². The Kier molecular flexibility index (Phi) is 3.66. The van der Waals surface area contributed by atoms with Crippen molar-refractivity contribution in [3.8, 4) is 0 Å². The predicted octanol–water partition coefficient (Wildman–Crippen LogP) is 1.29. The molecule has 0 amide bonds. The monoisotopic (exact) mass is 209 g/mol. The van der Waals surface area contributed by atoms with Crippen LogP contribution in [-0.4, -0.2) is 17.6 Å². The van der Waals surface area contributed by atoms with Gasteiger partial charge in [0.15, 0.2) is 0 Å². The summed E-state index contributed by atoms with van der Waals surface area (Å²) in [6, 6.07) is 2.86. The van der Waals surface area contributed by atoms with Crippen molar-refractivity contribution in [1.82, 2.24) is 4.57 Å². The van der Waals surface area contributed by atoms with Gasteiger partial charge in [0.2, 0.25) is 0 Å². The lowest BCUT2D eigenvalue weighted by atomic mass is 10.2. The lowest BCUT2D eigenvalue weighted by molar-refractivity contribution is 0.0599. The van der Waals surface area contributed by atoms with Crippen LogP contribution in [0.15, 0.2) is 23.1 Å². The Morgan fingerprint density at radius 3 is 2.67 bits per heavy atom. The maximum Gasteiger partial charge on any atom is 0.339 e. The van der Waals surface area contributed by atoms with E-state index in [-0.39, 0.29) is 5.56 Å². The molecule has 0 fully saturated rings. The van der Waals surface area contributed by atoms with Gasteiger partial charge in [0.05, 0.1) is 12.7 Å². The molecule has 0 aliphatic heterocycles. The van der Waals surface area contributed by atoms with Gasteiger partial charge in [-0.3, -0.25) is 4.79 Å². The Hall–Kier alpha value is -1.58. The Balaban J connectivity index is 3.05. The largest absolute Gasteiger partial charge is 0.465 e. The van der Waals surface area contributed by atoms with Crippen molar-refractivity contribution in [2.75, 3.05) is 7.11 Å². The van der Waals surface area contributed by atoms with Crippen LogP contribution in [0.25, 0.3) is 0 Å². The van der Waals surface area contributed by atoms with Crippen LogP contribution < -0.4 is 5.56 Å². The van der Waals surface area contributed by atoms with Crippen LogP contribution in [0.4, 0.5) is 0 Å². The molecule has 4 heteroatoms. The van der Waals surface area contributed by atoms with Gasteiger partial charge in [-0.2, -0.15) is 0 Å². The number of hydrogen-bond acceptors (Lipinski definition) is 3. The first-order valence-corrected chi connectivity index (χ1v) is 4.83. The van der Waals surface area contributed by atoms with Gasteiger partial charge in [0.25, 0.3) is 5.56 Å². The number of nitrogens with zero attached hydrogens (tertiary/aromatic N) is 1. The Labute approximate surface area is 88.5 Å². The zero-order valence-electron chi connectivity index (χ0n) is 9.19. The molecule has 0 saturated carbocycles. The van der Waals surface area contributed by atoms with Gasteiger partial charge < -0.3 is 9.30 Å². The number of pyridine rings is 1. The number of hydrogen-bond donors (Lipinski definition) is 0. The van der Waals surface area contributed by atoms with Crippen molar-refractivity contribution in [3.63, 3.8) is 0 Å². The van der Waals surface area contributed by atoms with E-state index in [0.717, 1.165) is 0 Å². The van der Waals surface area contributed by atoms with Gasteiger partial charge in [-0.1, -0.05) is 13.8 Å². The number of carbonyl (C=O) groups is 1. The summed E-state index contributed by atoms with van der Waals surface area (Å²) in [5, 5.41) is 0. The van der Waals surface area contributed by atoms with Crippen molar-refractivity contribution < 1.29 is 9.53 Å². The van der Waals surface area contributed by atoms with E-state index in [4.69, 9.17) is 0 Å². The van der Waals surface area contributed by atoms with Crippen LogP contribution in [0.3, 0.4) is 0 Å². The van der Waals surface area contributed by atoms with Crippen molar-refractivity contribution in [1.29, 1.82) is 0 Å². The first-order chi connectivity index (χ1) is 7.04. The van der Waals surface area contributed by atoms with Crippen molar-refractivity contribution in [2.24, 2.45) is 5.92 Å². The van der Waals surface area contributed by atoms with Crippen LogP contribution >= 0.6 is 0 Å². The topological polar surface area (TPSA) is 48.3 Å². The van der Waals surface area contributed by atoms with Gasteiger partial charge in [0.1, 0.15) is 0 Å². The van der Waals surface area contributed by atoms with Crippen LogP contribution in [0, 0.1) is 5.92 Å². The zero-order valence-corrected chi connectivity index (χ0v) is 9.19. The number of esters is 1. The number of carbonyl (C=O) groups excluding carboxylic acids is 1. The highest BCUT2D eigenvalue weighted by Gasteiger charge is 2.07. The molecule has 82 valence electrons. The number of ether oxygens (including phenoxy) is 1. The van der Waals surface area contributed by atoms with E-state index in [1.165, 1.54) is 30.0 Å². The van der Waals surface area contributed by atoms with E-state index in [1.54, 1.807) is 0 Å². The van der Waals surface area contributed by atoms with E-state index < -0.39 is 5.97 Å². The van der Waals surface area contributed by atoms with Crippen LogP contribution in [-0.2, 0) is 11.3 Å². The second-order valence-electron chi connectivity index (χ2n) is 3.79. The van der Waals surface area contributed by atoms with E-state index in [2.05, 4.69) is 4.74 Å². The SMILES string of the molecule is COC(=O)c1ccc(=O)n(CC(C)C)c1. The molecule has 0 aromatic carbocycles. The van der Waals surface area contributed by atoms with E-state index >= 15 is 0 Å². The molecule has 1 heterocycles. The van der Waals surface area contributed by atoms with Gasteiger partial charge >= 0.3 is 5.97 Å². The highest BCUT2D eigenvalue weighted by atomic mass is 16.5. The lowest BCUT2D eigenvalue weighted by Gasteiger charge is -2.09. The standard InChI is InChI=1S/C11H15NO3/c1-8(2)6-12-7-9(11(14)15-3)4-5-10(12)13/h4-5,7-8H,6H2,1-3H3. The normalized spacial score (nSPS) is 10.4. The summed E-state index contributed by atoms with van der Waals surface area (Å²) < 4.78 is 6.11. The molecular weight excluding hydrogens is 194 g/mol. The second kappa shape index (κ2) is 4.77. The van der Waals surface area contributed by atoms with Gasteiger partial charge in [-0.05, 0) is 12.0 Å². The third-order valence-corrected chi connectivity index (χ3v) is 1.97. The fourth-order valence-corrected chi connectivity index (χ4v) is 1.31. The molecule has 0 saturated heterocycles. The minimum absolute atomic E-state index is 0.101. The smallest absolute Gasteiger partial charge is 0.339 e. The average molecular weight is 209 g/mol. The third kappa shape index (κ3) is 2.94. The zero-order chi connectivity index (χ0) is 11.4.